The first-order valence-corrected chi connectivity index (χ1v) is 9.42. The van der Waals surface area contributed by atoms with Gasteiger partial charge in [-0.1, -0.05) is 51.3 Å². The number of nitrogens with one attached hydrogen (secondary N) is 2. The van der Waals surface area contributed by atoms with Crippen molar-refractivity contribution in [1.82, 2.24) is 5.43 Å². The second-order valence-corrected chi connectivity index (χ2v) is 7.45. The molecule has 1 heterocycles. The van der Waals surface area contributed by atoms with Crippen molar-refractivity contribution in [3.63, 3.8) is 0 Å². The van der Waals surface area contributed by atoms with Crippen molar-refractivity contribution in [3.8, 4) is 0 Å². The van der Waals surface area contributed by atoms with E-state index in [9.17, 15) is 9.59 Å². The number of hydrogen-bond acceptors (Lipinski definition) is 4. The predicted molar refractivity (Wildman–Crippen MR) is 109 cm³/mol. The summed E-state index contributed by atoms with van der Waals surface area (Å²) in [6.07, 6.45) is -0.525. The number of carbonyl (C=O) groups is 2. The van der Waals surface area contributed by atoms with Crippen molar-refractivity contribution in [2.24, 2.45) is 5.10 Å². The Morgan fingerprint density at radius 3 is 2.67 bits per heavy atom. The zero-order chi connectivity index (χ0) is 19.6. The number of cyclic esters (lactones) is 1. The van der Waals surface area contributed by atoms with Crippen molar-refractivity contribution in [3.05, 3.63) is 61.5 Å². The van der Waals surface area contributed by atoms with Gasteiger partial charge >= 0.3 is 6.09 Å². The van der Waals surface area contributed by atoms with Gasteiger partial charge in [0.15, 0.2) is 0 Å². The Morgan fingerprint density at radius 1 is 1.33 bits per heavy atom. The van der Waals surface area contributed by atoms with E-state index in [1.807, 2.05) is 6.92 Å². The maximum absolute atomic E-state index is 12.4. The molecule has 9 heteroatoms. The van der Waals surface area contributed by atoms with Gasteiger partial charge in [0.1, 0.15) is 12.3 Å². The molecule has 0 radical (unpaired) electrons. The van der Waals surface area contributed by atoms with E-state index >= 15 is 0 Å². The highest BCUT2D eigenvalue weighted by Gasteiger charge is 2.16. The fourth-order valence-electron chi connectivity index (χ4n) is 2.48. The van der Waals surface area contributed by atoms with Gasteiger partial charge in [-0.15, -0.1) is 0 Å². The lowest BCUT2D eigenvalue weighted by atomic mass is 10.1. The van der Waals surface area contributed by atoms with Crippen LogP contribution in [0.4, 0.5) is 10.5 Å². The van der Waals surface area contributed by atoms with E-state index < -0.39 is 6.09 Å². The Labute approximate surface area is 174 Å². The first kappa shape index (κ1) is 19.7. The summed E-state index contributed by atoms with van der Waals surface area (Å²) in [7, 11) is 0. The highest BCUT2D eigenvalue weighted by Crippen LogP contribution is 2.34. The van der Waals surface area contributed by atoms with Gasteiger partial charge in [-0.05, 0) is 36.2 Å². The van der Waals surface area contributed by atoms with Crippen LogP contribution >= 0.6 is 39.1 Å². The average Bonchev–Trinajstić information content (AvgIpc) is 2.65. The summed E-state index contributed by atoms with van der Waals surface area (Å²) in [5.74, 6) is -0.237. The summed E-state index contributed by atoms with van der Waals surface area (Å²) >= 11 is 15.9. The summed E-state index contributed by atoms with van der Waals surface area (Å²) in [6, 6.07) is 8.76. The minimum absolute atomic E-state index is 0.0557. The zero-order valence-corrected chi connectivity index (χ0v) is 17.2. The van der Waals surface area contributed by atoms with E-state index in [0.29, 0.717) is 27.0 Å². The van der Waals surface area contributed by atoms with Crippen molar-refractivity contribution in [1.29, 1.82) is 0 Å². The van der Waals surface area contributed by atoms with E-state index in [0.717, 1.165) is 15.6 Å². The second-order valence-electron chi connectivity index (χ2n) is 5.81. The third-order valence-electron chi connectivity index (χ3n) is 3.96. The summed E-state index contributed by atoms with van der Waals surface area (Å²) in [5.41, 5.74) is 5.65. The molecule has 2 amide bonds. The van der Waals surface area contributed by atoms with Crippen molar-refractivity contribution in [2.75, 3.05) is 11.9 Å². The number of benzene rings is 2. The molecular weight excluding hydrogens is 457 g/mol. The molecule has 0 bridgehead atoms. The third-order valence-corrected chi connectivity index (χ3v) is 5.63. The van der Waals surface area contributed by atoms with Crippen LogP contribution in [0.1, 0.15) is 16.7 Å². The van der Waals surface area contributed by atoms with Crippen LogP contribution in [-0.2, 0) is 16.0 Å². The van der Waals surface area contributed by atoms with Gasteiger partial charge in [0, 0.05) is 25.8 Å². The van der Waals surface area contributed by atoms with E-state index in [1.165, 1.54) is 0 Å². The van der Waals surface area contributed by atoms with Crippen LogP contribution in [-0.4, -0.2) is 24.3 Å². The molecule has 0 aromatic heterocycles. The molecule has 1 aliphatic rings. The molecule has 0 atom stereocenters. The molecule has 0 fully saturated rings. The molecule has 6 nitrogen and oxygen atoms in total. The SMILES string of the molecule is Cc1c(Br)cc(Cl)c(CC(=O)Nc2ccc(C3=NNC(=O)OC3)cc2)c1Cl. The van der Waals surface area contributed by atoms with Gasteiger partial charge in [-0.2, -0.15) is 5.10 Å². The van der Waals surface area contributed by atoms with E-state index in [-0.39, 0.29) is 18.9 Å². The molecule has 0 aliphatic carbocycles. The van der Waals surface area contributed by atoms with Gasteiger partial charge in [-0.25, -0.2) is 10.2 Å². The number of anilines is 1. The monoisotopic (exact) mass is 469 g/mol. The fourth-order valence-corrected chi connectivity index (χ4v) is 3.74. The molecule has 3 rings (SSSR count). The minimum atomic E-state index is -0.580. The normalized spacial score (nSPS) is 13.5. The molecule has 1 aliphatic heterocycles. The number of hydrazone groups is 1. The van der Waals surface area contributed by atoms with Gasteiger partial charge in [-0.3, -0.25) is 4.79 Å². The fraction of sp³-hybridized carbons (Fsp3) is 0.167. The molecular formula is C18H14BrCl2N3O3. The van der Waals surface area contributed by atoms with Gasteiger partial charge in [0.25, 0.3) is 0 Å². The lowest BCUT2D eigenvalue weighted by Crippen LogP contribution is -2.30. The van der Waals surface area contributed by atoms with Gasteiger partial charge in [0.05, 0.1) is 6.42 Å². The average molecular weight is 471 g/mol. The number of halogens is 3. The van der Waals surface area contributed by atoms with Gasteiger partial charge in [0.2, 0.25) is 5.91 Å². The summed E-state index contributed by atoms with van der Waals surface area (Å²) < 4.78 is 5.66. The quantitative estimate of drug-likeness (QED) is 0.680. The number of nitrogens with zero attached hydrogens (tertiary/aromatic N) is 1. The molecule has 0 spiro atoms. The molecule has 2 aromatic carbocycles. The number of rotatable bonds is 4. The first-order chi connectivity index (χ1) is 12.8. The highest BCUT2D eigenvalue weighted by molar-refractivity contribution is 9.10. The maximum atomic E-state index is 12.4. The van der Waals surface area contributed by atoms with Crippen LogP contribution in [0.3, 0.4) is 0 Å². The summed E-state index contributed by atoms with van der Waals surface area (Å²) in [5, 5.41) is 7.64. The smallest absolute Gasteiger partial charge is 0.428 e. The lowest BCUT2D eigenvalue weighted by Gasteiger charge is -2.14. The van der Waals surface area contributed by atoms with Crippen LogP contribution in [0.25, 0.3) is 0 Å². The van der Waals surface area contributed by atoms with E-state index in [4.69, 9.17) is 27.9 Å². The topological polar surface area (TPSA) is 79.8 Å². The van der Waals surface area contributed by atoms with Crippen molar-refractivity contribution in [2.45, 2.75) is 13.3 Å². The standard InChI is InChI=1S/C18H14BrCl2N3O3/c1-9-13(19)7-14(20)12(17(9)21)6-16(25)22-11-4-2-10(3-5-11)15-8-27-18(26)24-23-15/h2-5,7H,6,8H2,1H3,(H,22,25)(H,24,26). The van der Waals surface area contributed by atoms with Crippen LogP contribution < -0.4 is 10.7 Å². The Bertz CT molecular complexity index is 946. The third kappa shape index (κ3) is 4.61. The molecule has 27 heavy (non-hydrogen) atoms. The first-order valence-electron chi connectivity index (χ1n) is 7.87. The Morgan fingerprint density at radius 2 is 2.04 bits per heavy atom. The summed E-state index contributed by atoms with van der Waals surface area (Å²) in [4.78, 5) is 23.3. The number of hydrogen-bond donors (Lipinski definition) is 2. The van der Waals surface area contributed by atoms with E-state index in [2.05, 4.69) is 31.8 Å². The van der Waals surface area contributed by atoms with E-state index in [1.54, 1.807) is 30.3 Å². The Hall–Kier alpha value is -2.09. The number of amides is 2. The number of ether oxygens (including phenoxy) is 1. The van der Waals surface area contributed by atoms with Crippen LogP contribution in [0, 0.1) is 6.92 Å². The van der Waals surface area contributed by atoms with Crippen LogP contribution in [0.15, 0.2) is 39.9 Å². The largest absolute Gasteiger partial charge is 0.442 e. The minimum Gasteiger partial charge on any atom is -0.442 e. The molecule has 2 aromatic rings. The van der Waals surface area contributed by atoms with Crippen LogP contribution in [0.5, 0.6) is 0 Å². The molecule has 0 unspecified atom stereocenters. The Kier molecular flexibility index (Phi) is 6.04. The molecule has 140 valence electrons. The number of carbonyl (C=O) groups excluding carboxylic acids is 2. The van der Waals surface area contributed by atoms with Crippen molar-refractivity contribution < 1.29 is 14.3 Å². The predicted octanol–water partition coefficient (Wildman–Crippen LogP) is 4.69. The Balaban J connectivity index is 1.68. The molecule has 0 saturated heterocycles. The van der Waals surface area contributed by atoms with Crippen LogP contribution in [0.2, 0.25) is 10.0 Å². The maximum Gasteiger partial charge on any atom is 0.428 e. The molecule has 2 N–H and O–H groups in total. The van der Waals surface area contributed by atoms with Gasteiger partial charge < -0.3 is 10.1 Å². The lowest BCUT2D eigenvalue weighted by molar-refractivity contribution is -0.115. The second kappa shape index (κ2) is 8.29. The summed E-state index contributed by atoms with van der Waals surface area (Å²) in [6.45, 7) is 1.94. The zero-order valence-electron chi connectivity index (χ0n) is 14.1. The molecule has 0 saturated carbocycles. The highest BCUT2D eigenvalue weighted by atomic mass is 79.9. The van der Waals surface area contributed by atoms with Crippen molar-refractivity contribution >= 4 is 62.5 Å².